The van der Waals surface area contributed by atoms with Gasteiger partial charge in [0.25, 0.3) is 0 Å². The van der Waals surface area contributed by atoms with Gasteiger partial charge in [0, 0.05) is 58.8 Å². The molecule has 14 heteroatoms. The van der Waals surface area contributed by atoms with Crippen molar-refractivity contribution in [1.82, 2.24) is 29.5 Å². The Labute approximate surface area is 436 Å². The van der Waals surface area contributed by atoms with Gasteiger partial charge in [-0.1, -0.05) is 182 Å². The van der Waals surface area contributed by atoms with E-state index in [1.807, 2.05) is 133 Å². The standard InChI is InChI=1S/C31H21N5O4.C31H25N5/c37-35(38)28-20-26-27(21-29(28)36(39)40)34(33-30(26)22-16-18-32-19-17-22)31(23-10-4-1-5-11-23,24-12-6-2-7-13-24)25-14-8-3-9-15-25;32-27-20-26-29(21-28(27)33)36(35-30(26)22-16-18-34-19-17-22)31(23-10-4-1-5-11-23,24-12-6-2-7-13-24)25-14-8-3-9-15-25/h1-21H;1-21H,32-33H2. The number of aromatic nitrogens is 6. The Balaban J connectivity index is 0.000000163. The number of anilines is 2. The first kappa shape index (κ1) is 47.7. The first-order valence-corrected chi connectivity index (χ1v) is 24.3. The summed E-state index contributed by atoms with van der Waals surface area (Å²) in [5.41, 5.74) is 20.7. The quantitative estimate of drug-likeness (QED) is 0.0513. The zero-order chi connectivity index (χ0) is 52.2. The minimum atomic E-state index is -1.09. The molecule has 4 aromatic heterocycles. The molecule has 76 heavy (non-hydrogen) atoms. The minimum Gasteiger partial charge on any atom is -0.397 e. The molecule has 0 aliphatic heterocycles. The van der Waals surface area contributed by atoms with Crippen LogP contribution >= 0.6 is 0 Å². The molecule has 0 spiro atoms. The number of benzene rings is 8. The van der Waals surface area contributed by atoms with Crippen LogP contribution in [-0.4, -0.2) is 39.4 Å². The normalized spacial score (nSPS) is 11.5. The Morgan fingerprint density at radius 3 is 0.961 bits per heavy atom. The second-order valence-corrected chi connectivity index (χ2v) is 18.0. The van der Waals surface area contributed by atoms with E-state index in [0.29, 0.717) is 33.5 Å². The van der Waals surface area contributed by atoms with E-state index >= 15 is 0 Å². The summed E-state index contributed by atoms with van der Waals surface area (Å²) >= 11 is 0. The molecule has 368 valence electrons. The van der Waals surface area contributed by atoms with Crippen molar-refractivity contribution in [3.8, 4) is 22.5 Å². The molecule has 0 bridgehead atoms. The molecule has 4 N–H and O–H groups in total. The van der Waals surface area contributed by atoms with Crippen LogP contribution in [0.15, 0.2) is 255 Å². The molecule has 14 nitrogen and oxygen atoms in total. The van der Waals surface area contributed by atoms with Crippen LogP contribution in [0.4, 0.5) is 22.7 Å². The fourth-order valence-electron chi connectivity index (χ4n) is 10.4. The molecule has 12 rings (SSSR count). The summed E-state index contributed by atoms with van der Waals surface area (Å²) in [6.45, 7) is 0. The first-order valence-electron chi connectivity index (χ1n) is 24.3. The van der Waals surface area contributed by atoms with Crippen LogP contribution in [0.25, 0.3) is 44.3 Å². The van der Waals surface area contributed by atoms with E-state index in [2.05, 4.69) is 87.4 Å². The number of hydrogen-bond acceptors (Lipinski definition) is 10. The van der Waals surface area contributed by atoms with Crippen LogP contribution in [0.5, 0.6) is 0 Å². The molecule has 0 saturated carbocycles. The van der Waals surface area contributed by atoms with Gasteiger partial charge in [-0.15, -0.1) is 0 Å². The smallest absolute Gasteiger partial charge is 0.348 e. The van der Waals surface area contributed by atoms with Gasteiger partial charge in [-0.05, 0) is 69.8 Å². The van der Waals surface area contributed by atoms with Crippen molar-refractivity contribution in [1.29, 1.82) is 0 Å². The van der Waals surface area contributed by atoms with Crippen LogP contribution in [0.2, 0.25) is 0 Å². The summed E-state index contributed by atoms with van der Waals surface area (Å²) in [5, 5.41) is 35.8. The van der Waals surface area contributed by atoms with E-state index in [1.54, 1.807) is 41.6 Å². The highest BCUT2D eigenvalue weighted by atomic mass is 16.6. The lowest BCUT2D eigenvalue weighted by molar-refractivity contribution is -0.422. The number of nitro benzene ring substituents is 2. The van der Waals surface area contributed by atoms with E-state index in [9.17, 15) is 20.2 Å². The number of nitrogens with two attached hydrogens (primary N) is 2. The van der Waals surface area contributed by atoms with Gasteiger partial charge in [0.2, 0.25) is 0 Å². The maximum Gasteiger partial charge on any atom is 0.348 e. The largest absolute Gasteiger partial charge is 0.397 e. The van der Waals surface area contributed by atoms with Crippen molar-refractivity contribution in [3.05, 3.63) is 309 Å². The maximum atomic E-state index is 12.1. The van der Waals surface area contributed by atoms with Gasteiger partial charge in [0.1, 0.15) is 22.5 Å². The topological polar surface area (TPSA) is 200 Å². The monoisotopic (exact) mass is 994 g/mol. The van der Waals surface area contributed by atoms with Crippen LogP contribution in [0.1, 0.15) is 33.4 Å². The molecule has 12 aromatic rings. The summed E-state index contributed by atoms with van der Waals surface area (Å²) in [6.07, 6.45) is 6.77. The molecule has 0 radical (unpaired) electrons. The van der Waals surface area contributed by atoms with Gasteiger partial charge in [-0.2, -0.15) is 10.2 Å². The fourth-order valence-corrected chi connectivity index (χ4v) is 10.4. The highest BCUT2D eigenvalue weighted by Gasteiger charge is 2.43. The summed E-state index contributed by atoms with van der Waals surface area (Å²) < 4.78 is 3.86. The lowest BCUT2D eigenvalue weighted by Gasteiger charge is -2.37. The van der Waals surface area contributed by atoms with Gasteiger partial charge in [-0.3, -0.25) is 30.2 Å². The third kappa shape index (κ3) is 8.21. The Morgan fingerprint density at radius 1 is 0.368 bits per heavy atom. The Hall–Kier alpha value is -10.6. The second-order valence-electron chi connectivity index (χ2n) is 18.0. The van der Waals surface area contributed by atoms with Crippen molar-refractivity contribution >= 4 is 44.6 Å². The van der Waals surface area contributed by atoms with Crippen molar-refractivity contribution in [2.45, 2.75) is 11.1 Å². The van der Waals surface area contributed by atoms with Gasteiger partial charge in [0.05, 0.1) is 32.3 Å². The highest BCUT2D eigenvalue weighted by Crippen LogP contribution is 2.47. The van der Waals surface area contributed by atoms with Crippen molar-refractivity contribution < 1.29 is 9.85 Å². The van der Waals surface area contributed by atoms with Gasteiger partial charge in [0.15, 0.2) is 0 Å². The molecule has 0 saturated heterocycles. The zero-order valence-electron chi connectivity index (χ0n) is 40.6. The summed E-state index contributed by atoms with van der Waals surface area (Å²) in [5.74, 6) is 0. The third-order valence-electron chi connectivity index (χ3n) is 13.7. The SMILES string of the molecule is Nc1cc2c(-c3ccncc3)nn(C(c3ccccc3)(c3ccccc3)c3ccccc3)c2cc1N.O=[N+]([O-])c1cc2c(-c3ccncc3)nn(C(c3ccccc3)(c3ccccc3)c3ccccc3)c2cc1[N+](=O)[O-]. The lowest BCUT2D eigenvalue weighted by Crippen LogP contribution is -2.38. The Morgan fingerprint density at radius 2 is 0.645 bits per heavy atom. The van der Waals surface area contributed by atoms with Crippen LogP contribution in [-0.2, 0) is 11.1 Å². The van der Waals surface area contributed by atoms with Crippen LogP contribution in [0.3, 0.4) is 0 Å². The zero-order valence-corrected chi connectivity index (χ0v) is 40.6. The number of hydrogen-bond donors (Lipinski definition) is 2. The van der Waals surface area contributed by atoms with E-state index < -0.39 is 32.3 Å². The highest BCUT2D eigenvalue weighted by molar-refractivity contribution is 5.99. The van der Waals surface area contributed by atoms with Gasteiger partial charge >= 0.3 is 11.4 Å². The Kier molecular flexibility index (Phi) is 12.6. The molecule has 0 atom stereocenters. The minimum absolute atomic E-state index is 0.376. The van der Waals surface area contributed by atoms with Crippen LogP contribution in [0, 0.1) is 20.2 Å². The molecule has 4 heterocycles. The fraction of sp³-hybridized carbons (Fsp3) is 0.0323. The average molecular weight is 995 g/mol. The Bertz CT molecular complexity index is 3810. The van der Waals surface area contributed by atoms with E-state index in [1.165, 1.54) is 12.1 Å². The number of nitro groups is 2. The van der Waals surface area contributed by atoms with E-state index in [-0.39, 0.29) is 0 Å². The lowest BCUT2D eigenvalue weighted by atomic mass is 9.77. The molecule has 0 unspecified atom stereocenters. The molecule has 8 aromatic carbocycles. The van der Waals surface area contributed by atoms with Crippen molar-refractivity contribution in [3.63, 3.8) is 0 Å². The molecule has 0 aliphatic carbocycles. The van der Waals surface area contributed by atoms with Gasteiger partial charge < -0.3 is 11.5 Å². The number of rotatable bonds is 12. The molecule has 0 fully saturated rings. The summed E-state index contributed by atoms with van der Waals surface area (Å²) in [6, 6.07) is 74.5. The average Bonchev–Trinajstić information content (AvgIpc) is 4.10. The number of pyridine rings is 2. The maximum absolute atomic E-state index is 12.1. The third-order valence-corrected chi connectivity index (χ3v) is 13.7. The van der Waals surface area contributed by atoms with E-state index in [0.717, 1.165) is 55.5 Å². The first-order chi connectivity index (χ1) is 37.2. The van der Waals surface area contributed by atoms with Gasteiger partial charge in [-0.25, -0.2) is 9.36 Å². The second kappa shape index (κ2) is 20.1. The van der Waals surface area contributed by atoms with Crippen LogP contribution < -0.4 is 11.5 Å². The number of nitrogen functional groups attached to an aromatic ring is 2. The molecule has 0 aliphatic rings. The predicted octanol–water partition coefficient (Wildman–Crippen LogP) is 12.9. The predicted molar refractivity (Wildman–Crippen MR) is 297 cm³/mol. The molecular formula is C62H46N10O4. The number of nitrogens with zero attached hydrogens (tertiary/aromatic N) is 8. The molecule has 0 amide bonds. The van der Waals surface area contributed by atoms with Crippen molar-refractivity contribution in [2.75, 3.05) is 11.5 Å². The van der Waals surface area contributed by atoms with Crippen molar-refractivity contribution in [2.24, 2.45) is 0 Å². The summed E-state index contributed by atoms with van der Waals surface area (Å²) in [7, 11) is 0. The number of fused-ring (bicyclic) bond motifs is 2. The molecular weight excluding hydrogens is 949 g/mol. The summed E-state index contributed by atoms with van der Waals surface area (Å²) in [4.78, 5) is 30.9. The van der Waals surface area contributed by atoms with E-state index in [4.69, 9.17) is 21.7 Å².